The van der Waals surface area contributed by atoms with Gasteiger partial charge in [-0.05, 0) is 66.3 Å². The molecule has 31 heavy (non-hydrogen) atoms. The first-order chi connectivity index (χ1) is 15.4. The molecule has 0 bridgehead atoms. The largest absolute Gasteiger partial charge is 0.372 e. The molecule has 0 N–H and O–H groups in total. The Morgan fingerprint density at radius 1 is 0.387 bits per heavy atom. The molecule has 6 rings (SSSR count). The van der Waals surface area contributed by atoms with Crippen molar-refractivity contribution in [1.82, 2.24) is 0 Å². The van der Waals surface area contributed by atoms with Crippen molar-refractivity contribution in [3.63, 3.8) is 0 Å². The van der Waals surface area contributed by atoms with E-state index in [0.717, 1.165) is 0 Å². The van der Waals surface area contributed by atoms with Gasteiger partial charge in [0.25, 0.3) is 0 Å². The van der Waals surface area contributed by atoms with Crippen LogP contribution >= 0.6 is 0 Å². The van der Waals surface area contributed by atoms with Gasteiger partial charge in [0, 0.05) is 0 Å². The van der Waals surface area contributed by atoms with Gasteiger partial charge in [0.2, 0.25) is 0 Å². The van der Waals surface area contributed by atoms with E-state index in [-0.39, 0.29) is 0 Å². The van der Waals surface area contributed by atoms with Crippen molar-refractivity contribution < 1.29 is 4.74 Å². The smallest absolute Gasteiger partial charge is 0.0733 e. The van der Waals surface area contributed by atoms with Crippen molar-refractivity contribution in [3.8, 4) is 0 Å². The topological polar surface area (TPSA) is 9.23 Å². The molecule has 6 aromatic rings. The van der Waals surface area contributed by atoms with Crippen LogP contribution in [0.15, 0.2) is 109 Å². The third-order valence-electron chi connectivity index (χ3n) is 6.26. The Balaban J connectivity index is 1.43. The summed E-state index contributed by atoms with van der Waals surface area (Å²) in [6.45, 7) is 1.17. The normalized spacial score (nSPS) is 11.6. The summed E-state index contributed by atoms with van der Waals surface area (Å²) in [4.78, 5) is 0. The second kappa shape index (κ2) is 7.54. The Bertz CT molecular complexity index is 1330. The van der Waals surface area contributed by atoms with Crippen LogP contribution in [0.2, 0.25) is 0 Å². The van der Waals surface area contributed by atoms with Crippen molar-refractivity contribution in [2.75, 3.05) is 0 Å². The van der Waals surface area contributed by atoms with Gasteiger partial charge in [-0.1, -0.05) is 97.1 Å². The zero-order valence-corrected chi connectivity index (χ0v) is 17.2. The molecule has 148 valence electrons. The number of rotatable bonds is 4. The summed E-state index contributed by atoms with van der Waals surface area (Å²) in [5.41, 5.74) is 2.52. The molecule has 0 aromatic heterocycles. The maximum Gasteiger partial charge on any atom is 0.0733 e. The second-order valence-corrected chi connectivity index (χ2v) is 8.09. The van der Waals surface area contributed by atoms with Gasteiger partial charge in [-0.15, -0.1) is 0 Å². The molecular formula is C30H22O. The molecular weight excluding hydrogens is 376 g/mol. The molecule has 0 fully saturated rings. The monoisotopic (exact) mass is 398 g/mol. The number of hydrogen-bond donors (Lipinski definition) is 0. The highest BCUT2D eigenvalue weighted by atomic mass is 16.5. The van der Waals surface area contributed by atoms with E-state index in [0.29, 0.717) is 13.2 Å². The highest BCUT2D eigenvalue weighted by Crippen LogP contribution is 2.31. The van der Waals surface area contributed by atoms with E-state index in [1.54, 1.807) is 0 Å². The zero-order chi connectivity index (χ0) is 20.6. The summed E-state index contributed by atoms with van der Waals surface area (Å²) in [5, 5.41) is 10.1. The second-order valence-electron chi connectivity index (χ2n) is 8.09. The van der Waals surface area contributed by atoms with E-state index in [1.807, 2.05) is 0 Å². The average Bonchev–Trinajstić information content (AvgIpc) is 2.83. The number of benzene rings is 6. The van der Waals surface area contributed by atoms with Crippen LogP contribution in [0.4, 0.5) is 0 Å². The fourth-order valence-electron chi connectivity index (χ4n) is 4.78. The van der Waals surface area contributed by atoms with Gasteiger partial charge in [-0.3, -0.25) is 0 Å². The Morgan fingerprint density at radius 2 is 0.677 bits per heavy atom. The molecule has 0 aliphatic rings. The van der Waals surface area contributed by atoms with Crippen LogP contribution in [0, 0.1) is 0 Å². The Hall–Kier alpha value is -3.68. The molecule has 0 aliphatic heterocycles. The van der Waals surface area contributed by atoms with E-state index >= 15 is 0 Å². The minimum atomic E-state index is 0.583. The number of hydrogen-bond acceptors (Lipinski definition) is 1. The number of ether oxygens (including phenoxy) is 1. The lowest BCUT2D eigenvalue weighted by atomic mass is 9.96. The zero-order valence-electron chi connectivity index (χ0n) is 17.2. The predicted octanol–water partition coefficient (Wildman–Crippen LogP) is 8.02. The molecule has 6 aromatic carbocycles. The summed E-state index contributed by atoms with van der Waals surface area (Å²) in [5.74, 6) is 0. The fourth-order valence-corrected chi connectivity index (χ4v) is 4.78. The minimum Gasteiger partial charge on any atom is -0.372 e. The van der Waals surface area contributed by atoms with Gasteiger partial charge in [0.15, 0.2) is 0 Å². The van der Waals surface area contributed by atoms with E-state index in [4.69, 9.17) is 4.74 Å². The Morgan fingerprint density at radius 3 is 1.00 bits per heavy atom. The van der Waals surface area contributed by atoms with Crippen molar-refractivity contribution >= 4 is 43.1 Å². The Kier molecular flexibility index (Phi) is 4.40. The van der Waals surface area contributed by atoms with Crippen LogP contribution < -0.4 is 0 Å². The molecule has 0 spiro atoms. The molecule has 0 atom stereocenters. The standard InChI is InChI=1S/C30H22O/c1-5-13-25-21(9-1)17-22-10-2-6-14-26(22)29(25)19-31-20-30-27-15-7-3-11-23(27)18-24-12-4-8-16-28(24)30/h1-18H,19-20H2. The summed E-state index contributed by atoms with van der Waals surface area (Å²) in [6.07, 6.45) is 0. The van der Waals surface area contributed by atoms with Crippen molar-refractivity contribution in [1.29, 1.82) is 0 Å². The van der Waals surface area contributed by atoms with E-state index in [1.165, 1.54) is 54.2 Å². The average molecular weight is 399 g/mol. The molecule has 1 heteroatoms. The molecule has 0 aliphatic carbocycles. The highest BCUT2D eigenvalue weighted by molar-refractivity contribution is 6.03. The molecule has 0 radical (unpaired) electrons. The lowest BCUT2D eigenvalue weighted by Gasteiger charge is -2.15. The van der Waals surface area contributed by atoms with Crippen LogP contribution in [0.25, 0.3) is 43.1 Å². The van der Waals surface area contributed by atoms with Gasteiger partial charge in [0.1, 0.15) is 0 Å². The lowest BCUT2D eigenvalue weighted by molar-refractivity contribution is 0.110. The van der Waals surface area contributed by atoms with Crippen LogP contribution in [0.5, 0.6) is 0 Å². The SMILES string of the molecule is c1ccc2c(COCc3c4ccccc4cc4ccccc34)c3ccccc3cc2c1. The van der Waals surface area contributed by atoms with Crippen LogP contribution in [0.1, 0.15) is 11.1 Å². The molecule has 0 saturated heterocycles. The van der Waals surface area contributed by atoms with Gasteiger partial charge >= 0.3 is 0 Å². The molecule has 0 saturated carbocycles. The first kappa shape index (κ1) is 18.1. The van der Waals surface area contributed by atoms with Crippen molar-refractivity contribution in [3.05, 3.63) is 120 Å². The maximum atomic E-state index is 6.44. The molecule has 1 nitrogen and oxygen atoms in total. The molecule has 0 amide bonds. The summed E-state index contributed by atoms with van der Waals surface area (Å²) in [7, 11) is 0. The van der Waals surface area contributed by atoms with Crippen molar-refractivity contribution in [2.45, 2.75) is 13.2 Å². The van der Waals surface area contributed by atoms with Gasteiger partial charge in [-0.25, -0.2) is 0 Å². The van der Waals surface area contributed by atoms with E-state index in [9.17, 15) is 0 Å². The van der Waals surface area contributed by atoms with E-state index in [2.05, 4.69) is 109 Å². The van der Waals surface area contributed by atoms with Gasteiger partial charge < -0.3 is 4.74 Å². The predicted molar refractivity (Wildman–Crippen MR) is 131 cm³/mol. The first-order valence-electron chi connectivity index (χ1n) is 10.7. The summed E-state index contributed by atoms with van der Waals surface area (Å²) in [6, 6.07) is 38.9. The fraction of sp³-hybridized carbons (Fsp3) is 0.0667. The lowest BCUT2D eigenvalue weighted by Crippen LogP contribution is -1.98. The maximum absolute atomic E-state index is 6.44. The quantitative estimate of drug-likeness (QED) is 0.273. The summed E-state index contributed by atoms with van der Waals surface area (Å²) >= 11 is 0. The van der Waals surface area contributed by atoms with Crippen LogP contribution in [-0.4, -0.2) is 0 Å². The molecule has 0 heterocycles. The van der Waals surface area contributed by atoms with Crippen LogP contribution in [0.3, 0.4) is 0 Å². The summed E-state index contributed by atoms with van der Waals surface area (Å²) < 4.78 is 6.44. The Labute approximate surface area is 181 Å². The third kappa shape index (κ3) is 3.15. The van der Waals surface area contributed by atoms with Gasteiger partial charge in [0.05, 0.1) is 13.2 Å². The van der Waals surface area contributed by atoms with Crippen LogP contribution in [-0.2, 0) is 18.0 Å². The van der Waals surface area contributed by atoms with Gasteiger partial charge in [-0.2, -0.15) is 0 Å². The third-order valence-corrected chi connectivity index (χ3v) is 6.26. The highest BCUT2D eigenvalue weighted by Gasteiger charge is 2.10. The minimum absolute atomic E-state index is 0.583. The molecule has 0 unspecified atom stereocenters. The van der Waals surface area contributed by atoms with Crippen molar-refractivity contribution in [2.24, 2.45) is 0 Å². The van der Waals surface area contributed by atoms with E-state index < -0.39 is 0 Å². The first-order valence-corrected chi connectivity index (χ1v) is 10.7. The number of fused-ring (bicyclic) bond motifs is 4.